The Bertz CT molecular complexity index is 1230. The number of carboxylic acids is 1. The molecule has 0 radical (unpaired) electrons. The van der Waals surface area contributed by atoms with Crippen molar-refractivity contribution in [1.29, 1.82) is 0 Å². The monoisotopic (exact) mass is 570 g/mol. The Kier molecular flexibility index (Phi) is 10.2. The van der Waals surface area contributed by atoms with Crippen molar-refractivity contribution in [3.8, 4) is 0 Å². The van der Waals surface area contributed by atoms with Gasteiger partial charge in [-0.05, 0) is 41.7 Å². The average Bonchev–Trinajstić information content (AvgIpc) is 3.35. The molecule has 39 heavy (non-hydrogen) atoms. The number of thioether (sulfide) groups is 1. The van der Waals surface area contributed by atoms with Gasteiger partial charge in [-0.25, -0.2) is 22.4 Å². The third-order valence-corrected chi connectivity index (χ3v) is 7.39. The Balaban J connectivity index is 1.56. The van der Waals surface area contributed by atoms with Gasteiger partial charge >= 0.3 is 5.97 Å². The van der Waals surface area contributed by atoms with Crippen LogP contribution in [0.3, 0.4) is 0 Å². The summed E-state index contributed by atoms with van der Waals surface area (Å²) < 4.78 is 55.1. The third kappa shape index (κ3) is 7.85. The Labute approximate surface area is 227 Å². The summed E-state index contributed by atoms with van der Waals surface area (Å²) in [4.78, 5) is 38.4. The molecular formula is C26H30F4N4O4S. The molecule has 0 aromatic heterocycles. The lowest BCUT2D eigenvalue weighted by molar-refractivity contribution is -0.138. The fourth-order valence-electron chi connectivity index (χ4n) is 4.10. The summed E-state index contributed by atoms with van der Waals surface area (Å²) in [5.74, 6) is -6.00. The fourth-order valence-corrected chi connectivity index (χ4v) is 5.27. The van der Waals surface area contributed by atoms with Crippen molar-refractivity contribution >= 4 is 35.2 Å². The summed E-state index contributed by atoms with van der Waals surface area (Å²) in [6, 6.07) is 3.39. The van der Waals surface area contributed by atoms with E-state index in [0.29, 0.717) is 23.4 Å². The lowest BCUT2D eigenvalue weighted by Crippen LogP contribution is -2.46. The zero-order valence-electron chi connectivity index (χ0n) is 21.3. The van der Waals surface area contributed by atoms with E-state index in [1.165, 1.54) is 28.8 Å². The number of rotatable bonds is 11. The molecular weight excluding hydrogens is 540 g/mol. The SMILES string of the molecule is CC(C)[C@@H](Nc1ccc(CNC(=O)[C@@H]2SCCN2C(=O)C[C@H](N)Cc2cc(F)c(F)cc2F)cc1F)C(=O)O. The van der Waals surface area contributed by atoms with Crippen LogP contribution in [0, 0.1) is 29.2 Å². The number of carbonyl (C=O) groups is 3. The summed E-state index contributed by atoms with van der Waals surface area (Å²) in [5, 5.41) is 13.8. The van der Waals surface area contributed by atoms with Crippen LogP contribution >= 0.6 is 11.8 Å². The number of hydrogen-bond acceptors (Lipinski definition) is 6. The predicted molar refractivity (Wildman–Crippen MR) is 139 cm³/mol. The number of amides is 2. The minimum absolute atomic E-state index is 0.0221. The molecule has 13 heteroatoms. The average molecular weight is 571 g/mol. The first-order valence-electron chi connectivity index (χ1n) is 12.2. The maximum atomic E-state index is 14.6. The summed E-state index contributed by atoms with van der Waals surface area (Å²) >= 11 is 1.24. The summed E-state index contributed by atoms with van der Waals surface area (Å²) in [6.07, 6.45) is -0.441. The van der Waals surface area contributed by atoms with E-state index in [4.69, 9.17) is 5.73 Å². The van der Waals surface area contributed by atoms with E-state index < -0.39 is 58.5 Å². The van der Waals surface area contributed by atoms with Crippen molar-refractivity contribution in [1.82, 2.24) is 10.2 Å². The molecule has 2 amide bonds. The highest BCUT2D eigenvalue weighted by Gasteiger charge is 2.35. The largest absolute Gasteiger partial charge is 0.480 e. The van der Waals surface area contributed by atoms with Crippen molar-refractivity contribution in [2.75, 3.05) is 17.6 Å². The third-order valence-electron chi connectivity index (χ3n) is 6.19. The van der Waals surface area contributed by atoms with Gasteiger partial charge in [0, 0.05) is 37.4 Å². The molecule has 1 aliphatic rings. The Hall–Kier alpha value is -3.32. The van der Waals surface area contributed by atoms with E-state index in [2.05, 4.69) is 10.6 Å². The quantitative estimate of drug-likeness (QED) is 0.242. The van der Waals surface area contributed by atoms with Crippen molar-refractivity contribution in [2.24, 2.45) is 11.7 Å². The molecule has 8 nitrogen and oxygen atoms in total. The highest BCUT2D eigenvalue weighted by molar-refractivity contribution is 8.00. The predicted octanol–water partition coefficient (Wildman–Crippen LogP) is 3.24. The molecule has 1 aliphatic heterocycles. The zero-order valence-corrected chi connectivity index (χ0v) is 22.2. The summed E-state index contributed by atoms with van der Waals surface area (Å²) in [6.45, 7) is 3.64. The van der Waals surface area contributed by atoms with Gasteiger partial charge in [-0.15, -0.1) is 11.8 Å². The van der Waals surface area contributed by atoms with Crippen LogP contribution in [0.5, 0.6) is 0 Å². The molecule has 0 aliphatic carbocycles. The van der Waals surface area contributed by atoms with Crippen LogP contribution < -0.4 is 16.4 Å². The second-order valence-electron chi connectivity index (χ2n) is 9.57. The highest BCUT2D eigenvalue weighted by atomic mass is 32.2. The van der Waals surface area contributed by atoms with Crippen LogP contribution in [0.15, 0.2) is 30.3 Å². The van der Waals surface area contributed by atoms with Crippen molar-refractivity contribution in [2.45, 2.75) is 50.7 Å². The number of nitrogens with two attached hydrogens (primary N) is 1. The number of benzene rings is 2. The van der Waals surface area contributed by atoms with Crippen LogP contribution in [0.1, 0.15) is 31.4 Å². The van der Waals surface area contributed by atoms with Crippen molar-refractivity contribution < 1.29 is 37.1 Å². The minimum Gasteiger partial charge on any atom is -0.480 e. The van der Waals surface area contributed by atoms with Gasteiger partial charge in [-0.2, -0.15) is 0 Å². The number of nitrogens with zero attached hydrogens (tertiary/aromatic N) is 1. The van der Waals surface area contributed by atoms with Crippen molar-refractivity contribution in [3.63, 3.8) is 0 Å². The van der Waals surface area contributed by atoms with E-state index in [-0.39, 0.29) is 43.1 Å². The molecule has 1 fully saturated rings. The first-order valence-corrected chi connectivity index (χ1v) is 13.3. The molecule has 0 saturated carbocycles. The van der Waals surface area contributed by atoms with Gasteiger partial charge in [0.05, 0.1) is 5.69 Å². The molecule has 3 rings (SSSR count). The van der Waals surface area contributed by atoms with Crippen LogP contribution in [-0.2, 0) is 27.3 Å². The second-order valence-corrected chi connectivity index (χ2v) is 10.8. The van der Waals surface area contributed by atoms with Crippen LogP contribution in [0.2, 0.25) is 0 Å². The molecule has 5 N–H and O–H groups in total. The van der Waals surface area contributed by atoms with E-state index >= 15 is 0 Å². The molecule has 212 valence electrons. The normalized spacial score (nSPS) is 16.7. The lowest BCUT2D eigenvalue weighted by Gasteiger charge is -2.24. The molecule has 3 atom stereocenters. The summed E-state index contributed by atoms with van der Waals surface area (Å²) in [5.41, 5.74) is 6.26. The second kappa shape index (κ2) is 13.2. The summed E-state index contributed by atoms with van der Waals surface area (Å²) in [7, 11) is 0. The van der Waals surface area contributed by atoms with Crippen molar-refractivity contribution in [3.05, 3.63) is 64.7 Å². The number of carboxylic acid groups (broad SMARTS) is 1. The van der Waals surface area contributed by atoms with Gasteiger partial charge in [-0.1, -0.05) is 19.9 Å². The van der Waals surface area contributed by atoms with Gasteiger partial charge in [0.1, 0.15) is 17.7 Å². The first-order chi connectivity index (χ1) is 18.4. The standard InChI is InChI=1S/C26H30F4N4O4S/c1-13(2)23(26(37)38)33-21-4-3-14(7-20(21)30)12-32-24(36)25-34(5-6-39-25)22(35)10-16(31)8-15-9-18(28)19(29)11-17(15)27/h3-4,7,9,11,13,16,23,25,33H,5-6,8,10,12,31H2,1-2H3,(H,32,36)(H,37,38)/t16-,23-,25+/m1/s1. The molecule has 1 heterocycles. The zero-order chi connectivity index (χ0) is 28.9. The number of hydrogen-bond donors (Lipinski definition) is 4. The van der Waals surface area contributed by atoms with Gasteiger partial charge < -0.3 is 26.4 Å². The molecule has 0 spiro atoms. The van der Waals surface area contributed by atoms with E-state index in [0.717, 1.165) is 0 Å². The minimum atomic E-state index is -1.32. The first kappa shape index (κ1) is 30.2. The van der Waals surface area contributed by atoms with Gasteiger partial charge in [0.25, 0.3) is 5.91 Å². The maximum absolute atomic E-state index is 14.6. The number of halogens is 4. The Morgan fingerprint density at radius 3 is 2.41 bits per heavy atom. The maximum Gasteiger partial charge on any atom is 0.326 e. The van der Waals surface area contributed by atoms with Crippen LogP contribution in [0.25, 0.3) is 0 Å². The number of carbonyl (C=O) groups excluding carboxylic acids is 2. The van der Waals surface area contributed by atoms with E-state index in [1.807, 2.05) is 0 Å². The Morgan fingerprint density at radius 2 is 1.77 bits per heavy atom. The smallest absolute Gasteiger partial charge is 0.326 e. The van der Waals surface area contributed by atoms with Crippen LogP contribution in [-0.4, -0.2) is 57.5 Å². The van der Waals surface area contributed by atoms with Gasteiger partial charge in [0.15, 0.2) is 17.0 Å². The number of anilines is 1. The topological polar surface area (TPSA) is 125 Å². The molecule has 0 bridgehead atoms. The van der Waals surface area contributed by atoms with E-state index in [9.17, 15) is 37.1 Å². The van der Waals surface area contributed by atoms with E-state index in [1.54, 1.807) is 19.9 Å². The molecule has 1 saturated heterocycles. The lowest BCUT2D eigenvalue weighted by atomic mass is 10.0. The van der Waals surface area contributed by atoms with Gasteiger partial charge in [0.2, 0.25) is 5.91 Å². The Morgan fingerprint density at radius 1 is 1.08 bits per heavy atom. The number of aliphatic carboxylic acids is 1. The molecule has 2 aromatic carbocycles. The van der Waals surface area contributed by atoms with Crippen LogP contribution in [0.4, 0.5) is 23.2 Å². The fraction of sp³-hybridized carbons (Fsp3) is 0.423. The molecule has 2 aromatic rings. The highest BCUT2D eigenvalue weighted by Crippen LogP contribution is 2.26. The molecule has 0 unspecified atom stereocenters. The van der Waals surface area contributed by atoms with Gasteiger partial charge in [-0.3, -0.25) is 9.59 Å². The number of nitrogens with one attached hydrogen (secondary N) is 2.